The van der Waals surface area contributed by atoms with Gasteiger partial charge in [-0.25, -0.2) is 0 Å². The molecule has 0 saturated heterocycles. The van der Waals surface area contributed by atoms with Gasteiger partial charge in [-0.3, -0.25) is 0 Å². The number of hydrogen-bond acceptors (Lipinski definition) is 4. The molecule has 8 N–H and O–H groups in total. The van der Waals surface area contributed by atoms with E-state index in [-0.39, 0.29) is 0 Å². The van der Waals surface area contributed by atoms with Gasteiger partial charge in [-0.1, -0.05) is 6.07 Å². The predicted molar refractivity (Wildman–Crippen MR) is 73.3 cm³/mol. The quantitative estimate of drug-likeness (QED) is 0.586. The van der Waals surface area contributed by atoms with Gasteiger partial charge in [-0.2, -0.15) is 0 Å². The maximum absolute atomic E-state index is 5.90. The van der Waals surface area contributed by atoms with Crippen LogP contribution in [-0.2, 0) is 6.42 Å². The molecule has 0 amide bonds. The van der Waals surface area contributed by atoms with Gasteiger partial charge >= 0.3 is 0 Å². The van der Waals surface area contributed by atoms with E-state index in [2.05, 4.69) is 0 Å². The molecule has 0 aliphatic heterocycles. The van der Waals surface area contributed by atoms with Crippen molar-refractivity contribution in [2.45, 2.75) is 6.42 Å². The van der Waals surface area contributed by atoms with Crippen molar-refractivity contribution in [3.63, 3.8) is 0 Å². The Kier molecular flexibility index (Phi) is 2.78. The van der Waals surface area contributed by atoms with Crippen molar-refractivity contribution in [2.75, 3.05) is 22.9 Å². The number of nitrogen functional groups attached to an aromatic ring is 4. The van der Waals surface area contributed by atoms with Crippen LogP contribution in [0.3, 0.4) is 0 Å². The first-order chi connectivity index (χ1) is 8.06. The SMILES string of the molecule is Nc1cc(N)cc(Cc2c(N)cccc2N)c1. The molecule has 0 aliphatic carbocycles. The molecular formula is C13H16N4. The van der Waals surface area contributed by atoms with Crippen LogP contribution in [0, 0.1) is 0 Å². The average Bonchev–Trinajstić information content (AvgIpc) is 2.22. The molecule has 0 heterocycles. The first-order valence-electron chi connectivity index (χ1n) is 5.34. The molecule has 0 bridgehead atoms. The Morgan fingerprint density at radius 1 is 0.765 bits per heavy atom. The van der Waals surface area contributed by atoms with Crippen molar-refractivity contribution in [1.82, 2.24) is 0 Å². The minimum atomic E-state index is 0.633. The maximum atomic E-state index is 5.90. The van der Waals surface area contributed by atoms with Gasteiger partial charge in [0.2, 0.25) is 0 Å². The Labute approximate surface area is 100 Å². The lowest BCUT2D eigenvalue weighted by atomic mass is 10.0. The molecule has 2 rings (SSSR count). The fourth-order valence-electron chi connectivity index (χ4n) is 1.88. The average molecular weight is 228 g/mol. The molecular weight excluding hydrogens is 212 g/mol. The number of rotatable bonds is 2. The van der Waals surface area contributed by atoms with Gasteiger partial charge in [0, 0.05) is 34.7 Å². The molecule has 0 saturated carbocycles. The van der Waals surface area contributed by atoms with Crippen LogP contribution in [0.15, 0.2) is 36.4 Å². The van der Waals surface area contributed by atoms with Crippen LogP contribution in [0.4, 0.5) is 22.7 Å². The lowest BCUT2D eigenvalue weighted by Crippen LogP contribution is -2.02. The Morgan fingerprint density at radius 3 is 1.82 bits per heavy atom. The summed E-state index contributed by atoms with van der Waals surface area (Å²) in [6, 6.07) is 11.0. The summed E-state index contributed by atoms with van der Waals surface area (Å²) in [6.45, 7) is 0. The standard InChI is InChI=1S/C13H16N4/c14-9-4-8(5-10(15)7-9)6-11-12(16)2-1-3-13(11)17/h1-5,7H,6,14-17H2. The molecule has 4 heteroatoms. The smallest absolute Gasteiger partial charge is 0.0370 e. The number of benzene rings is 2. The van der Waals surface area contributed by atoms with Gasteiger partial charge < -0.3 is 22.9 Å². The minimum absolute atomic E-state index is 0.633. The van der Waals surface area contributed by atoms with Crippen LogP contribution < -0.4 is 22.9 Å². The molecule has 0 radical (unpaired) electrons. The third-order valence-electron chi connectivity index (χ3n) is 2.67. The lowest BCUT2D eigenvalue weighted by Gasteiger charge is -2.10. The van der Waals surface area contributed by atoms with Crippen LogP contribution in [0.25, 0.3) is 0 Å². The highest BCUT2D eigenvalue weighted by atomic mass is 14.6. The second-order valence-corrected chi connectivity index (χ2v) is 4.10. The van der Waals surface area contributed by atoms with Gasteiger partial charge in [0.05, 0.1) is 0 Å². The first-order valence-corrected chi connectivity index (χ1v) is 5.34. The van der Waals surface area contributed by atoms with E-state index in [9.17, 15) is 0 Å². The molecule has 17 heavy (non-hydrogen) atoms. The van der Waals surface area contributed by atoms with E-state index >= 15 is 0 Å². The second-order valence-electron chi connectivity index (χ2n) is 4.10. The molecule has 2 aromatic carbocycles. The maximum Gasteiger partial charge on any atom is 0.0370 e. The van der Waals surface area contributed by atoms with Crippen molar-refractivity contribution in [3.05, 3.63) is 47.5 Å². The molecule has 88 valence electrons. The van der Waals surface area contributed by atoms with Gasteiger partial charge in [-0.15, -0.1) is 0 Å². The minimum Gasteiger partial charge on any atom is -0.399 e. The van der Waals surface area contributed by atoms with E-state index in [0.717, 1.165) is 11.1 Å². The van der Waals surface area contributed by atoms with Crippen LogP contribution in [0.2, 0.25) is 0 Å². The predicted octanol–water partition coefficient (Wildman–Crippen LogP) is 1.61. The van der Waals surface area contributed by atoms with Gasteiger partial charge in [0.1, 0.15) is 0 Å². The van der Waals surface area contributed by atoms with Gasteiger partial charge in [-0.05, 0) is 35.9 Å². The molecule has 2 aromatic rings. The fraction of sp³-hybridized carbons (Fsp3) is 0.0769. The molecule has 0 spiro atoms. The molecule has 4 nitrogen and oxygen atoms in total. The van der Waals surface area contributed by atoms with E-state index < -0.39 is 0 Å². The topological polar surface area (TPSA) is 104 Å². The Hall–Kier alpha value is -2.36. The largest absolute Gasteiger partial charge is 0.399 e. The third-order valence-corrected chi connectivity index (χ3v) is 2.67. The van der Waals surface area contributed by atoms with Crippen LogP contribution >= 0.6 is 0 Å². The summed E-state index contributed by atoms with van der Waals surface area (Å²) in [5.74, 6) is 0. The summed E-state index contributed by atoms with van der Waals surface area (Å²) in [6.07, 6.45) is 0.633. The first kappa shape index (κ1) is 11.1. The molecule has 0 fully saturated rings. The monoisotopic (exact) mass is 228 g/mol. The van der Waals surface area contributed by atoms with Crippen LogP contribution in [0.5, 0.6) is 0 Å². The van der Waals surface area contributed by atoms with E-state index in [1.54, 1.807) is 6.07 Å². The summed E-state index contributed by atoms with van der Waals surface area (Å²) in [7, 11) is 0. The zero-order valence-electron chi connectivity index (χ0n) is 9.48. The number of nitrogens with two attached hydrogens (primary N) is 4. The summed E-state index contributed by atoms with van der Waals surface area (Å²) < 4.78 is 0. The highest BCUT2D eigenvalue weighted by Crippen LogP contribution is 2.24. The number of hydrogen-bond donors (Lipinski definition) is 4. The third kappa shape index (κ3) is 2.42. The highest BCUT2D eigenvalue weighted by molar-refractivity contribution is 5.64. The fourth-order valence-corrected chi connectivity index (χ4v) is 1.88. The van der Waals surface area contributed by atoms with E-state index in [1.165, 1.54) is 0 Å². The van der Waals surface area contributed by atoms with E-state index in [0.29, 0.717) is 29.2 Å². The molecule has 0 atom stereocenters. The zero-order chi connectivity index (χ0) is 12.4. The summed E-state index contributed by atoms with van der Waals surface area (Å²) in [5.41, 5.74) is 27.9. The summed E-state index contributed by atoms with van der Waals surface area (Å²) in [5, 5.41) is 0. The summed E-state index contributed by atoms with van der Waals surface area (Å²) in [4.78, 5) is 0. The van der Waals surface area contributed by atoms with Crippen molar-refractivity contribution in [1.29, 1.82) is 0 Å². The van der Waals surface area contributed by atoms with Gasteiger partial charge in [0.15, 0.2) is 0 Å². The van der Waals surface area contributed by atoms with Crippen molar-refractivity contribution < 1.29 is 0 Å². The molecule has 0 unspecified atom stereocenters. The molecule has 0 aliphatic rings. The number of anilines is 4. The Bertz CT molecular complexity index is 509. The lowest BCUT2D eigenvalue weighted by molar-refractivity contribution is 1.20. The second kappa shape index (κ2) is 4.25. The van der Waals surface area contributed by atoms with E-state index in [1.807, 2.05) is 30.3 Å². The highest BCUT2D eigenvalue weighted by Gasteiger charge is 2.05. The van der Waals surface area contributed by atoms with Gasteiger partial charge in [0.25, 0.3) is 0 Å². The molecule has 0 aromatic heterocycles. The van der Waals surface area contributed by atoms with Crippen molar-refractivity contribution >= 4 is 22.7 Å². The summed E-state index contributed by atoms with van der Waals surface area (Å²) >= 11 is 0. The van der Waals surface area contributed by atoms with Crippen molar-refractivity contribution in [2.24, 2.45) is 0 Å². The zero-order valence-corrected chi connectivity index (χ0v) is 9.48. The van der Waals surface area contributed by atoms with E-state index in [4.69, 9.17) is 22.9 Å². The van der Waals surface area contributed by atoms with Crippen molar-refractivity contribution in [3.8, 4) is 0 Å². The Morgan fingerprint density at radius 2 is 1.29 bits per heavy atom. The Balaban J connectivity index is 2.38. The van der Waals surface area contributed by atoms with Crippen LogP contribution in [0.1, 0.15) is 11.1 Å². The normalized spacial score (nSPS) is 10.4. The van der Waals surface area contributed by atoms with Crippen LogP contribution in [-0.4, -0.2) is 0 Å².